The van der Waals surface area contributed by atoms with E-state index in [9.17, 15) is 0 Å². The third-order valence-corrected chi connectivity index (χ3v) is 2.53. The predicted molar refractivity (Wildman–Crippen MR) is 62.1 cm³/mol. The molecule has 0 saturated carbocycles. The molecule has 84 valence electrons. The Morgan fingerprint density at radius 3 is 2.40 bits per heavy atom. The third-order valence-electron chi connectivity index (χ3n) is 2.53. The summed E-state index contributed by atoms with van der Waals surface area (Å²) in [5.74, 6) is 1.53. The van der Waals surface area contributed by atoms with Crippen LogP contribution in [0.25, 0.3) is 0 Å². The van der Waals surface area contributed by atoms with Crippen LogP contribution >= 0.6 is 0 Å². The fourth-order valence-corrected chi connectivity index (χ4v) is 1.22. The van der Waals surface area contributed by atoms with Crippen LogP contribution in [-0.2, 0) is 11.3 Å². The van der Waals surface area contributed by atoms with Crippen LogP contribution in [-0.4, -0.2) is 13.7 Å². The molecule has 0 spiro atoms. The fraction of sp³-hybridized carbons (Fsp3) is 0.538. The molecule has 0 aliphatic carbocycles. The van der Waals surface area contributed by atoms with E-state index in [1.165, 1.54) is 12.0 Å². The summed E-state index contributed by atoms with van der Waals surface area (Å²) in [6.45, 7) is 5.91. The molecule has 2 nitrogen and oxygen atoms in total. The molecule has 1 aromatic rings. The van der Waals surface area contributed by atoms with Crippen molar-refractivity contribution in [2.75, 3.05) is 13.7 Å². The Morgan fingerprint density at radius 2 is 1.87 bits per heavy atom. The molecule has 1 unspecified atom stereocenters. The van der Waals surface area contributed by atoms with Crippen LogP contribution in [0.15, 0.2) is 24.3 Å². The maximum absolute atomic E-state index is 5.61. The van der Waals surface area contributed by atoms with E-state index in [1.807, 2.05) is 24.3 Å². The lowest BCUT2D eigenvalue weighted by Crippen LogP contribution is -2.04. The Labute approximate surface area is 92.2 Å². The second-order valence-electron chi connectivity index (χ2n) is 3.88. The molecule has 2 heteroatoms. The zero-order valence-electron chi connectivity index (χ0n) is 9.82. The summed E-state index contributed by atoms with van der Waals surface area (Å²) in [5, 5.41) is 0. The predicted octanol–water partition coefficient (Wildman–Crippen LogP) is 3.26. The van der Waals surface area contributed by atoms with Crippen molar-refractivity contribution in [3.05, 3.63) is 29.8 Å². The maximum atomic E-state index is 5.61. The zero-order chi connectivity index (χ0) is 11.1. The smallest absolute Gasteiger partial charge is 0.118 e. The highest BCUT2D eigenvalue weighted by Crippen LogP contribution is 2.12. The first-order chi connectivity index (χ1) is 7.26. The van der Waals surface area contributed by atoms with Gasteiger partial charge in [0.1, 0.15) is 5.75 Å². The highest BCUT2D eigenvalue weighted by molar-refractivity contribution is 5.26. The Morgan fingerprint density at radius 1 is 1.20 bits per heavy atom. The summed E-state index contributed by atoms with van der Waals surface area (Å²) < 4.78 is 10.7. The highest BCUT2D eigenvalue weighted by Gasteiger charge is 1.99. The first kappa shape index (κ1) is 12.1. The average molecular weight is 208 g/mol. The van der Waals surface area contributed by atoms with Crippen molar-refractivity contribution < 1.29 is 9.47 Å². The minimum absolute atomic E-state index is 0.642. The second-order valence-corrected chi connectivity index (χ2v) is 3.88. The summed E-state index contributed by atoms with van der Waals surface area (Å²) >= 11 is 0. The SMILES string of the molecule is CCC(C)COCc1ccc(OC)cc1. The van der Waals surface area contributed by atoms with Crippen LogP contribution in [0, 0.1) is 5.92 Å². The molecule has 0 radical (unpaired) electrons. The van der Waals surface area contributed by atoms with Crippen LogP contribution in [0.5, 0.6) is 5.75 Å². The van der Waals surface area contributed by atoms with Gasteiger partial charge < -0.3 is 9.47 Å². The van der Waals surface area contributed by atoms with Gasteiger partial charge >= 0.3 is 0 Å². The number of methoxy groups -OCH3 is 1. The van der Waals surface area contributed by atoms with Gasteiger partial charge in [0.15, 0.2) is 0 Å². The van der Waals surface area contributed by atoms with Gasteiger partial charge in [-0.05, 0) is 23.6 Å². The molecule has 0 bridgehead atoms. The summed E-state index contributed by atoms with van der Waals surface area (Å²) in [6.07, 6.45) is 1.17. The van der Waals surface area contributed by atoms with Crippen molar-refractivity contribution in [2.24, 2.45) is 5.92 Å². The van der Waals surface area contributed by atoms with Gasteiger partial charge in [-0.15, -0.1) is 0 Å². The molecule has 0 N–H and O–H groups in total. The van der Waals surface area contributed by atoms with Gasteiger partial charge in [0.2, 0.25) is 0 Å². The van der Waals surface area contributed by atoms with E-state index in [0.29, 0.717) is 12.5 Å². The average Bonchev–Trinajstić information content (AvgIpc) is 2.29. The van der Waals surface area contributed by atoms with Gasteiger partial charge in [0.25, 0.3) is 0 Å². The highest BCUT2D eigenvalue weighted by atomic mass is 16.5. The summed E-state index contributed by atoms with van der Waals surface area (Å²) in [6, 6.07) is 7.99. The lowest BCUT2D eigenvalue weighted by atomic mass is 10.1. The third kappa shape index (κ3) is 4.34. The number of benzene rings is 1. The molecule has 0 aliphatic rings. The van der Waals surface area contributed by atoms with E-state index >= 15 is 0 Å². The van der Waals surface area contributed by atoms with Crippen LogP contribution in [0.2, 0.25) is 0 Å². The second kappa shape index (κ2) is 6.46. The topological polar surface area (TPSA) is 18.5 Å². The van der Waals surface area contributed by atoms with E-state index < -0.39 is 0 Å². The lowest BCUT2D eigenvalue weighted by Gasteiger charge is -2.09. The number of hydrogen-bond donors (Lipinski definition) is 0. The Bertz CT molecular complexity index is 266. The summed E-state index contributed by atoms with van der Waals surface area (Å²) in [5.41, 5.74) is 1.19. The van der Waals surface area contributed by atoms with Crippen molar-refractivity contribution in [2.45, 2.75) is 26.9 Å². The van der Waals surface area contributed by atoms with Gasteiger partial charge in [0.05, 0.1) is 13.7 Å². The first-order valence-electron chi connectivity index (χ1n) is 5.47. The Hall–Kier alpha value is -1.02. The molecular weight excluding hydrogens is 188 g/mol. The standard InChI is InChI=1S/C13H20O2/c1-4-11(2)9-15-10-12-5-7-13(14-3)8-6-12/h5-8,11H,4,9-10H2,1-3H3. The van der Waals surface area contributed by atoms with Crippen LogP contribution in [0.4, 0.5) is 0 Å². The summed E-state index contributed by atoms with van der Waals surface area (Å²) in [4.78, 5) is 0. The number of rotatable bonds is 6. The molecule has 15 heavy (non-hydrogen) atoms. The molecule has 0 amide bonds. The van der Waals surface area contributed by atoms with Crippen molar-refractivity contribution in [1.29, 1.82) is 0 Å². The Balaban J connectivity index is 2.31. The van der Waals surface area contributed by atoms with Gasteiger partial charge in [0, 0.05) is 6.61 Å². The van der Waals surface area contributed by atoms with E-state index in [-0.39, 0.29) is 0 Å². The normalized spacial score (nSPS) is 12.5. The maximum Gasteiger partial charge on any atom is 0.118 e. The largest absolute Gasteiger partial charge is 0.497 e. The molecule has 0 saturated heterocycles. The molecular formula is C13H20O2. The number of hydrogen-bond acceptors (Lipinski definition) is 2. The molecule has 1 atom stereocenters. The molecule has 0 fully saturated rings. The molecule has 1 rings (SSSR count). The number of ether oxygens (including phenoxy) is 2. The van der Waals surface area contributed by atoms with Crippen molar-refractivity contribution in [3.63, 3.8) is 0 Å². The molecule has 0 heterocycles. The van der Waals surface area contributed by atoms with E-state index in [1.54, 1.807) is 7.11 Å². The van der Waals surface area contributed by atoms with Gasteiger partial charge in [-0.1, -0.05) is 32.4 Å². The zero-order valence-corrected chi connectivity index (χ0v) is 9.82. The van der Waals surface area contributed by atoms with Gasteiger partial charge in [-0.2, -0.15) is 0 Å². The fourth-order valence-electron chi connectivity index (χ4n) is 1.22. The van der Waals surface area contributed by atoms with Gasteiger partial charge in [-0.25, -0.2) is 0 Å². The molecule has 1 aromatic carbocycles. The van der Waals surface area contributed by atoms with Crippen molar-refractivity contribution in [3.8, 4) is 5.75 Å². The van der Waals surface area contributed by atoms with E-state index in [0.717, 1.165) is 12.4 Å². The molecule has 0 aromatic heterocycles. The van der Waals surface area contributed by atoms with Crippen molar-refractivity contribution >= 4 is 0 Å². The van der Waals surface area contributed by atoms with Crippen LogP contribution in [0.3, 0.4) is 0 Å². The minimum Gasteiger partial charge on any atom is -0.497 e. The molecule has 0 aliphatic heterocycles. The lowest BCUT2D eigenvalue weighted by molar-refractivity contribution is 0.0910. The van der Waals surface area contributed by atoms with Gasteiger partial charge in [-0.3, -0.25) is 0 Å². The van der Waals surface area contributed by atoms with Crippen LogP contribution < -0.4 is 4.74 Å². The summed E-state index contributed by atoms with van der Waals surface area (Å²) in [7, 11) is 1.68. The van der Waals surface area contributed by atoms with E-state index in [2.05, 4.69) is 13.8 Å². The minimum atomic E-state index is 0.642. The Kier molecular flexibility index (Phi) is 5.19. The first-order valence-corrected chi connectivity index (χ1v) is 5.47. The van der Waals surface area contributed by atoms with E-state index in [4.69, 9.17) is 9.47 Å². The van der Waals surface area contributed by atoms with Crippen molar-refractivity contribution in [1.82, 2.24) is 0 Å². The van der Waals surface area contributed by atoms with Crippen LogP contribution in [0.1, 0.15) is 25.8 Å². The quantitative estimate of drug-likeness (QED) is 0.714. The monoisotopic (exact) mass is 208 g/mol.